The average Bonchev–Trinajstić information content (AvgIpc) is 2.30. The van der Waals surface area contributed by atoms with E-state index in [0.29, 0.717) is 12.6 Å². The van der Waals surface area contributed by atoms with E-state index in [4.69, 9.17) is 5.73 Å². The van der Waals surface area contributed by atoms with Crippen molar-refractivity contribution < 1.29 is 4.79 Å². The van der Waals surface area contributed by atoms with Gasteiger partial charge in [-0.2, -0.15) is 0 Å². The zero-order valence-corrected chi connectivity index (χ0v) is 9.30. The minimum atomic E-state index is -0.254. The number of aromatic nitrogens is 1. The van der Waals surface area contributed by atoms with E-state index in [1.54, 1.807) is 6.20 Å². The predicted molar refractivity (Wildman–Crippen MR) is 61.6 cm³/mol. The lowest BCUT2D eigenvalue weighted by molar-refractivity contribution is -0.120. The molecule has 2 rings (SSSR count). The molecule has 1 fully saturated rings. The second-order valence-electron chi connectivity index (χ2n) is 4.23. The Balaban J connectivity index is 2.13. The highest BCUT2D eigenvalue weighted by Crippen LogP contribution is 2.29. The summed E-state index contributed by atoms with van der Waals surface area (Å²) in [6, 6.07) is 4.30. The maximum Gasteiger partial charge on any atom is 0.231 e. The lowest BCUT2D eigenvalue weighted by atomic mass is 9.96. The van der Waals surface area contributed by atoms with Gasteiger partial charge >= 0.3 is 0 Å². The Morgan fingerprint density at radius 3 is 3.12 bits per heavy atom. The number of hydrogen-bond acceptors (Lipinski definition) is 3. The molecule has 0 unspecified atom stereocenters. The third-order valence-electron chi connectivity index (χ3n) is 3.04. The summed E-state index contributed by atoms with van der Waals surface area (Å²) in [6.07, 6.45) is 7.08. The summed E-state index contributed by atoms with van der Waals surface area (Å²) in [5.74, 6) is -0.254. The number of pyridine rings is 1. The number of primary amides is 1. The molecule has 1 atom stereocenters. The van der Waals surface area contributed by atoms with Crippen molar-refractivity contribution in [3.8, 4) is 0 Å². The number of likely N-dealkylation sites (tertiary alicyclic amines) is 1. The van der Waals surface area contributed by atoms with Crippen LogP contribution >= 0.6 is 0 Å². The number of rotatable bonds is 3. The van der Waals surface area contributed by atoms with Gasteiger partial charge in [0.25, 0.3) is 0 Å². The molecule has 16 heavy (non-hydrogen) atoms. The first-order valence-corrected chi connectivity index (χ1v) is 5.69. The van der Waals surface area contributed by atoms with E-state index in [2.05, 4.69) is 16.0 Å². The van der Waals surface area contributed by atoms with E-state index in [0.717, 1.165) is 19.4 Å². The monoisotopic (exact) mass is 219 g/mol. The highest BCUT2D eigenvalue weighted by atomic mass is 16.1. The van der Waals surface area contributed by atoms with Crippen LogP contribution in [0.25, 0.3) is 0 Å². The molecule has 2 heterocycles. The molecular weight excluding hydrogens is 202 g/mol. The summed E-state index contributed by atoms with van der Waals surface area (Å²) < 4.78 is 0. The van der Waals surface area contributed by atoms with Gasteiger partial charge in [0.1, 0.15) is 0 Å². The summed E-state index contributed by atoms with van der Waals surface area (Å²) in [4.78, 5) is 17.3. The van der Waals surface area contributed by atoms with Gasteiger partial charge in [-0.1, -0.05) is 12.5 Å². The van der Waals surface area contributed by atoms with Crippen molar-refractivity contribution in [1.82, 2.24) is 9.88 Å². The van der Waals surface area contributed by atoms with Gasteiger partial charge in [-0.3, -0.25) is 14.7 Å². The van der Waals surface area contributed by atoms with Gasteiger partial charge in [0, 0.05) is 18.4 Å². The number of hydrogen-bond donors (Lipinski definition) is 1. The molecule has 1 aromatic heterocycles. The second-order valence-corrected chi connectivity index (χ2v) is 4.23. The van der Waals surface area contributed by atoms with Crippen LogP contribution in [0.5, 0.6) is 0 Å². The Morgan fingerprint density at radius 2 is 2.44 bits per heavy atom. The van der Waals surface area contributed by atoms with Crippen molar-refractivity contribution >= 4 is 5.91 Å². The zero-order chi connectivity index (χ0) is 11.4. The number of nitrogens with zero attached hydrogens (tertiary/aromatic N) is 2. The van der Waals surface area contributed by atoms with E-state index in [1.807, 2.05) is 12.3 Å². The van der Waals surface area contributed by atoms with Crippen molar-refractivity contribution in [2.75, 3.05) is 13.1 Å². The molecule has 4 heteroatoms. The molecule has 0 aliphatic carbocycles. The highest BCUT2D eigenvalue weighted by Gasteiger charge is 2.24. The molecule has 1 aromatic rings. The minimum absolute atomic E-state index is 0.254. The van der Waals surface area contributed by atoms with E-state index in [-0.39, 0.29) is 5.91 Å². The summed E-state index contributed by atoms with van der Waals surface area (Å²) >= 11 is 0. The molecule has 0 aromatic carbocycles. The normalized spacial score (nSPS) is 21.9. The molecule has 86 valence electrons. The molecule has 1 aliphatic heterocycles. The average molecular weight is 219 g/mol. The molecule has 1 saturated heterocycles. The Kier molecular flexibility index (Phi) is 3.51. The fraction of sp³-hybridized carbons (Fsp3) is 0.500. The Morgan fingerprint density at radius 1 is 1.56 bits per heavy atom. The maximum atomic E-state index is 11.0. The predicted octanol–water partition coefficient (Wildman–Crippen LogP) is 1.09. The van der Waals surface area contributed by atoms with E-state index in [1.165, 1.54) is 12.0 Å². The molecule has 2 N–H and O–H groups in total. The largest absolute Gasteiger partial charge is 0.369 e. The van der Waals surface area contributed by atoms with Crippen molar-refractivity contribution in [2.45, 2.75) is 25.3 Å². The minimum Gasteiger partial charge on any atom is -0.369 e. The standard InChI is InChI=1S/C12H17N3O/c13-12(16)9-15-7-2-1-5-11(15)10-4-3-6-14-8-10/h3-4,6,8,11H,1-2,5,7,9H2,(H2,13,16)/t11-/m0/s1. The molecule has 0 saturated carbocycles. The third-order valence-corrected chi connectivity index (χ3v) is 3.04. The first-order chi connectivity index (χ1) is 7.77. The number of nitrogens with two attached hydrogens (primary N) is 1. The molecule has 0 radical (unpaired) electrons. The van der Waals surface area contributed by atoms with Gasteiger partial charge in [0.05, 0.1) is 6.54 Å². The Bertz CT molecular complexity index is 353. The van der Waals surface area contributed by atoms with E-state index in [9.17, 15) is 4.79 Å². The Hall–Kier alpha value is -1.42. The molecular formula is C12H17N3O. The topological polar surface area (TPSA) is 59.2 Å². The maximum absolute atomic E-state index is 11.0. The molecule has 1 aliphatic rings. The van der Waals surface area contributed by atoms with Gasteiger partial charge in [-0.05, 0) is 31.0 Å². The van der Waals surface area contributed by atoms with Gasteiger partial charge < -0.3 is 5.73 Å². The second kappa shape index (κ2) is 5.07. The fourth-order valence-corrected chi connectivity index (χ4v) is 2.33. The summed E-state index contributed by atoms with van der Waals surface area (Å²) in [5.41, 5.74) is 6.45. The smallest absolute Gasteiger partial charge is 0.231 e. The first-order valence-electron chi connectivity index (χ1n) is 5.69. The summed E-state index contributed by atoms with van der Waals surface area (Å²) in [5, 5.41) is 0. The lowest BCUT2D eigenvalue weighted by Gasteiger charge is -2.34. The number of carbonyl (C=O) groups is 1. The van der Waals surface area contributed by atoms with Crippen LogP contribution in [0.15, 0.2) is 24.5 Å². The highest BCUT2D eigenvalue weighted by molar-refractivity contribution is 5.76. The van der Waals surface area contributed by atoms with Crippen LogP contribution in [0, 0.1) is 0 Å². The fourth-order valence-electron chi connectivity index (χ4n) is 2.33. The van der Waals surface area contributed by atoms with Crippen LogP contribution < -0.4 is 5.73 Å². The first kappa shape index (κ1) is 11.1. The van der Waals surface area contributed by atoms with Gasteiger partial charge in [0.2, 0.25) is 5.91 Å². The molecule has 0 bridgehead atoms. The molecule has 4 nitrogen and oxygen atoms in total. The third kappa shape index (κ3) is 2.58. The van der Waals surface area contributed by atoms with E-state index < -0.39 is 0 Å². The zero-order valence-electron chi connectivity index (χ0n) is 9.30. The number of amides is 1. The number of carbonyl (C=O) groups excluding carboxylic acids is 1. The van der Waals surface area contributed by atoms with Crippen molar-refractivity contribution in [3.05, 3.63) is 30.1 Å². The lowest BCUT2D eigenvalue weighted by Crippen LogP contribution is -2.39. The summed E-state index contributed by atoms with van der Waals surface area (Å²) in [6.45, 7) is 1.29. The van der Waals surface area contributed by atoms with Gasteiger partial charge in [-0.25, -0.2) is 0 Å². The van der Waals surface area contributed by atoms with Crippen molar-refractivity contribution in [2.24, 2.45) is 5.73 Å². The van der Waals surface area contributed by atoms with Crippen LogP contribution in [-0.2, 0) is 4.79 Å². The summed E-state index contributed by atoms with van der Waals surface area (Å²) in [7, 11) is 0. The van der Waals surface area contributed by atoms with Gasteiger partial charge in [0.15, 0.2) is 0 Å². The van der Waals surface area contributed by atoms with Crippen LogP contribution in [0.3, 0.4) is 0 Å². The quantitative estimate of drug-likeness (QED) is 0.828. The van der Waals surface area contributed by atoms with Crippen molar-refractivity contribution in [1.29, 1.82) is 0 Å². The van der Waals surface area contributed by atoms with Crippen LogP contribution in [0.4, 0.5) is 0 Å². The van der Waals surface area contributed by atoms with Gasteiger partial charge in [-0.15, -0.1) is 0 Å². The van der Waals surface area contributed by atoms with Crippen LogP contribution in [0.1, 0.15) is 30.9 Å². The van der Waals surface area contributed by atoms with Crippen LogP contribution in [-0.4, -0.2) is 28.9 Å². The van der Waals surface area contributed by atoms with E-state index >= 15 is 0 Å². The Labute approximate surface area is 95.5 Å². The molecule has 0 spiro atoms. The van der Waals surface area contributed by atoms with Crippen LogP contribution in [0.2, 0.25) is 0 Å². The van der Waals surface area contributed by atoms with Crippen molar-refractivity contribution in [3.63, 3.8) is 0 Å². The molecule has 1 amide bonds. The number of piperidine rings is 1. The SMILES string of the molecule is NC(=O)CN1CCCC[C@H]1c1cccnc1.